The zero-order valence-electron chi connectivity index (χ0n) is 10.0. The van der Waals surface area contributed by atoms with E-state index in [4.69, 9.17) is 4.52 Å². The molecule has 17 heavy (non-hydrogen) atoms. The van der Waals surface area contributed by atoms with Gasteiger partial charge in [-0.25, -0.2) is 0 Å². The standard InChI is InChI=1S/C11H18N4O2/c1-8-14-10(17-15-8)5-7-13-11(16)9-4-2-3-6-12-9/h9,12H,2-7H2,1H3,(H,13,16)/t9-/m0/s1. The van der Waals surface area contributed by atoms with Crippen molar-refractivity contribution < 1.29 is 9.32 Å². The molecule has 0 unspecified atom stereocenters. The summed E-state index contributed by atoms with van der Waals surface area (Å²) in [7, 11) is 0. The number of nitrogens with one attached hydrogen (secondary N) is 2. The topological polar surface area (TPSA) is 80.0 Å². The van der Waals surface area contributed by atoms with Gasteiger partial charge in [0, 0.05) is 13.0 Å². The smallest absolute Gasteiger partial charge is 0.237 e. The van der Waals surface area contributed by atoms with E-state index >= 15 is 0 Å². The summed E-state index contributed by atoms with van der Waals surface area (Å²) in [6, 6.07) is -0.0341. The van der Waals surface area contributed by atoms with Gasteiger partial charge >= 0.3 is 0 Å². The number of aryl methyl sites for hydroxylation is 1. The van der Waals surface area contributed by atoms with Crippen molar-refractivity contribution in [3.63, 3.8) is 0 Å². The molecule has 0 radical (unpaired) electrons. The fourth-order valence-electron chi connectivity index (χ4n) is 1.93. The Balaban J connectivity index is 1.69. The van der Waals surface area contributed by atoms with Crippen LogP contribution < -0.4 is 10.6 Å². The molecule has 1 aliphatic rings. The largest absolute Gasteiger partial charge is 0.354 e. The Kier molecular flexibility index (Phi) is 4.08. The molecule has 1 amide bonds. The lowest BCUT2D eigenvalue weighted by Gasteiger charge is -2.22. The highest BCUT2D eigenvalue weighted by molar-refractivity contribution is 5.81. The van der Waals surface area contributed by atoms with Gasteiger partial charge in [0.1, 0.15) is 0 Å². The number of carbonyl (C=O) groups is 1. The number of carbonyl (C=O) groups excluding carboxylic acids is 1. The predicted octanol–water partition coefficient (Wildman–Crippen LogP) is 0.179. The SMILES string of the molecule is Cc1noc(CCNC(=O)[C@@H]2CCCCN2)n1. The van der Waals surface area contributed by atoms with Gasteiger partial charge in [0.2, 0.25) is 11.8 Å². The van der Waals surface area contributed by atoms with Crippen LogP contribution in [0.2, 0.25) is 0 Å². The molecular formula is C11H18N4O2. The quantitative estimate of drug-likeness (QED) is 0.782. The van der Waals surface area contributed by atoms with Gasteiger partial charge in [-0.1, -0.05) is 11.6 Å². The molecule has 0 spiro atoms. The summed E-state index contributed by atoms with van der Waals surface area (Å²) in [6.45, 7) is 3.25. The van der Waals surface area contributed by atoms with E-state index in [2.05, 4.69) is 20.8 Å². The number of rotatable bonds is 4. The molecule has 1 aromatic heterocycles. The molecule has 0 saturated carbocycles. The van der Waals surface area contributed by atoms with Crippen LogP contribution in [0.15, 0.2) is 4.52 Å². The van der Waals surface area contributed by atoms with Crippen molar-refractivity contribution in [2.24, 2.45) is 0 Å². The zero-order valence-corrected chi connectivity index (χ0v) is 10.0. The third-order valence-corrected chi connectivity index (χ3v) is 2.83. The van der Waals surface area contributed by atoms with Gasteiger partial charge in [0.25, 0.3) is 0 Å². The van der Waals surface area contributed by atoms with Crippen LogP contribution in [-0.2, 0) is 11.2 Å². The summed E-state index contributed by atoms with van der Waals surface area (Å²) in [5.41, 5.74) is 0. The fourth-order valence-corrected chi connectivity index (χ4v) is 1.93. The fraction of sp³-hybridized carbons (Fsp3) is 0.727. The van der Waals surface area contributed by atoms with E-state index in [1.54, 1.807) is 6.92 Å². The van der Waals surface area contributed by atoms with E-state index in [0.717, 1.165) is 25.8 Å². The Morgan fingerprint density at radius 2 is 2.47 bits per heavy atom. The zero-order chi connectivity index (χ0) is 12.1. The second kappa shape index (κ2) is 5.77. The van der Waals surface area contributed by atoms with E-state index in [9.17, 15) is 4.79 Å². The van der Waals surface area contributed by atoms with Crippen molar-refractivity contribution in [1.82, 2.24) is 20.8 Å². The maximum absolute atomic E-state index is 11.8. The maximum atomic E-state index is 11.8. The van der Waals surface area contributed by atoms with Crippen molar-refractivity contribution in [2.75, 3.05) is 13.1 Å². The van der Waals surface area contributed by atoms with Crippen LogP contribution in [0.1, 0.15) is 31.0 Å². The molecule has 0 aromatic carbocycles. The minimum atomic E-state index is -0.0341. The highest BCUT2D eigenvalue weighted by atomic mass is 16.5. The molecule has 2 N–H and O–H groups in total. The Hall–Kier alpha value is -1.43. The Morgan fingerprint density at radius 1 is 1.59 bits per heavy atom. The number of amides is 1. The number of hydrogen-bond donors (Lipinski definition) is 2. The third-order valence-electron chi connectivity index (χ3n) is 2.83. The summed E-state index contributed by atoms with van der Waals surface area (Å²) in [6.07, 6.45) is 3.78. The third kappa shape index (κ3) is 3.52. The number of nitrogens with zero attached hydrogens (tertiary/aromatic N) is 2. The Morgan fingerprint density at radius 3 is 3.12 bits per heavy atom. The van der Waals surface area contributed by atoms with E-state index < -0.39 is 0 Å². The first-order chi connectivity index (χ1) is 8.25. The monoisotopic (exact) mass is 238 g/mol. The van der Waals surface area contributed by atoms with Crippen LogP contribution in [-0.4, -0.2) is 35.2 Å². The second-order valence-electron chi connectivity index (χ2n) is 4.28. The lowest BCUT2D eigenvalue weighted by atomic mass is 10.0. The first-order valence-electron chi connectivity index (χ1n) is 6.06. The van der Waals surface area contributed by atoms with Gasteiger partial charge < -0.3 is 15.2 Å². The van der Waals surface area contributed by atoms with Crippen LogP contribution in [0.25, 0.3) is 0 Å². The molecule has 2 heterocycles. The summed E-state index contributed by atoms with van der Waals surface area (Å²) in [4.78, 5) is 15.8. The summed E-state index contributed by atoms with van der Waals surface area (Å²) in [5.74, 6) is 1.26. The highest BCUT2D eigenvalue weighted by Gasteiger charge is 2.19. The molecule has 94 valence electrons. The minimum absolute atomic E-state index is 0.0341. The molecule has 0 aliphatic carbocycles. The molecular weight excluding hydrogens is 220 g/mol. The van der Waals surface area contributed by atoms with Crippen molar-refractivity contribution in [2.45, 2.75) is 38.6 Å². The van der Waals surface area contributed by atoms with E-state index in [-0.39, 0.29) is 11.9 Å². The van der Waals surface area contributed by atoms with Gasteiger partial charge in [-0.15, -0.1) is 0 Å². The van der Waals surface area contributed by atoms with Gasteiger partial charge in [0.15, 0.2) is 5.82 Å². The van der Waals surface area contributed by atoms with Crippen LogP contribution in [0, 0.1) is 6.92 Å². The number of piperidine rings is 1. The summed E-state index contributed by atoms with van der Waals surface area (Å²) < 4.78 is 4.96. The average molecular weight is 238 g/mol. The summed E-state index contributed by atoms with van der Waals surface area (Å²) in [5, 5.41) is 9.78. The Labute approximate surface area is 100 Å². The van der Waals surface area contributed by atoms with Crippen LogP contribution in [0.4, 0.5) is 0 Å². The van der Waals surface area contributed by atoms with Crippen molar-refractivity contribution in [3.8, 4) is 0 Å². The number of hydrogen-bond acceptors (Lipinski definition) is 5. The van der Waals surface area contributed by atoms with Gasteiger partial charge in [0.05, 0.1) is 6.04 Å². The van der Waals surface area contributed by atoms with Crippen molar-refractivity contribution in [3.05, 3.63) is 11.7 Å². The molecule has 6 heteroatoms. The highest BCUT2D eigenvalue weighted by Crippen LogP contribution is 2.06. The molecule has 6 nitrogen and oxygen atoms in total. The predicted molar refractivity (Wildman–Crippen MR) is 61.4 cm³/mol. The Bertz CT molecular complexity index is 371. The van der Waals surface area contributed by atoms with Crippen molar-refractivity contribution >= 4 is 5.91 Å². The second-order valence-corrected chi connectivity index (χ2v) is 4.28. The van der Waals surface area contributed by atoms with Crippen molar-refractivity contribution in [1.29, 1.82) is 0 Å². The van der Waals surface area contributed by atoms with Gasteiger partial charge in [-0.05, 0) is 26.3 Å². The van der Waals surface area contributed by atoms with E-state index in [0.29, 0.717) is 24.7 Å². The minimum Gasteiger partial charge on any atom is -0.354 e. The van der Waals surface area contributed by atoms with Gasteiger partial charge in [-0.3, -0.25) is 4.79 Å². The molecule has 1 aromatic rings. The van der Waals surface area contributed by atoms with Gasteiger partial charge in [-0.2, -0.15) is 4.98 Å². The summed E-state index contributed by atoms with van der Waals surface area (Å²) >= 11 is 0. The molecule has 1 atom stereocenters. The molecule has 1 saturated heterocycles. The molecule has 0 bridgehead atoms. The van der Waals surface area contributed by atoms with Crippen LogP contribution >= 0.6 is 0 Å². The first-order valence-corrected chi connectivity index (χ1v) is 6.06. The lowest BCUT2D eigenvalue weighted by molar-refractivity contribution is -0.123. The lowest BCUT2D eigenvalue weighted by Crippen LogP contribution is -2.47. The van der Waals surface area contributed by atoms with Crippen LogP contribution in [0.3, 0.4) is 0 Å². The van der Waals surface area contributed by atoms with E-state index in [1.807, 2.05) is 0 Å². The molecule has 1 aliphatic heterocycles. The van der Waals surface area contributed by atoms with E-state index in [1.165, 1.54) is 0 Å². The number of aromatic nitrogens is 2. The van der Waals surface area contributed by atoms with Crippen LogP contribution in [0.5, 0.6) is 0 Å². The molecule has 1 fully saturated rings. The maximum Gasteiger partial charge on any atom is 0.237 e. The average Bonchev–Trinajstić information content (AvgIpc) is 2.76. The molecule has 2 rings (SSSR count). The first kappa shape index (κ1) is 12.0. The normalized spacial score (nSPS) is 20.2.